The number of rotatable bonds is 1. The summed E-state index contributed by atoms with van der Waals surface area (Å²) in [6.07, 6.45) is 0. The normalized spacial score (nSPS) is 10.4. The minimum absolute atomic E-state index is 0.0163. The van der Waals surface area contributed by atoms with Gasteiger partial charge in [-0.1, -0.05) is 41.6 Å². The second-order valence-corrected chi connectivity index (χ2v) is 5.68. The number of fused-ring (bicyclic) bond motifs is 1. The first-order chi connectivity index (χ1) is 10.2. The van der Waals surface area contributed by atoms with Crippen molar-refractivity contribution in [2.75, 3.05) is 6.54 Å². The number of nitrogens with two attached hydrogens (primary N) is 1. The third-order valence-corrected chi connectivity index (χ3v) is 4.35. The maximum Gasteiger partial charge on any atom is 0.273 e. The predicted octanol–water partition coefficient (Wildman–Crippen LogP) is 2.67. The first-order valence-corrected chi connectivity index (χ1v) is 7.39. The van der Waals surface area contributed by atoms with Crippen LogP contribution >= 0.6 is 11.5 Å². The Morgan fingerprint density at radius 3 is 2.81 bits per heavy atom. The van der Waals surface area contributed by atoms with E-state index in [0.29, 0.717) is 6.54 Å². The summed E-state index contributed by atoms with van der Waals surface area (Å²) in [7, 11) is 0. The van der Waals surface area contributed by atoms with Gasteiger partial charge in [-0.3, -0.25) is 4.79 Å². The molecule has 0 fully saturated rings. The van der Waals surface area contributed by atoms with Gasteiger partial charge in [-0.05, 0) is 36.8 Å². The summed E-state index contributed by atoms with van der Waals surface area (Å²) in [6, 6.07) is 13.5. The van der Waals surface area contributed by atoms with Crippen molar-refractivity contribution in [3.63, 3.8) is 0 Å². The SMILES string of the molecule is Cc1ccc(C#CCN)cc1-n1sc2ccccc2c1=O. The Bertz CT molecular complexity index is 925. The van der Waals surface area contributed by atoms with E-state index in [-0.39, 0.29) is 5.56 Å². The van der Waals surface area contributed by atoms with Crippen LogP contribution in [0.1, 0.15) is 11.1 Å². The van der Waals surface area contributed by atoms with E-state index < -0.39 is 0 Å². The first kappa shape index (κ1) is 13.6. The van der Waals surface area contributed by atoms with E-state index in [1.807, 2.05) is 49.4 Å². The largest absolute Gasteiger partial charge is 0.320 e. The Labute approximate surface area is 126 Å². The van der Waals surface area contributed by atoms with Crippen LogP contribution in [-0.4, -0.2) is 10.5 Å². The van der Waals surface area contributed by atoms with Gasteiger partial charge in [0.15, 0.2) is 0 Å². The molecule has 0 aliphatic rings. The molecule has 2 N–H and O–H groups in total. The third kappa shape index (κ3) is 2.49. The van der Waals surface area contributed by atoms with Gasteiger partial charge in [0.2, 0.25) is 0 Å². The van der Waals surface area contributed by atoms with Gasteiger partial charge in [-0.15, -0.1) is 0 Å². The van der Waals surface area contributed by atoms with Crippen molar-refractivity contribution in [2.45, 2.75) is 6.92 Å². The number of hydrogen-bond acceptors (Lipinski definition) is 3. The van der Waals surface area contributed by atoms with Crippen molar-refractivity contribution < 1.29 is 0 Å². The molecule has 0 atom stereocenters. The van der Waals surface area contributed by atoms with E-state index in [0.717, 1.165) is 26.9 Å². The van der Waals surface area contributed by atoms with E-state index >= 15 is 0 Å². The van der Waals surface area contributed by atoms with Crippen LogP contribution in [0.2, 0.25) is 0 Å². The van der Waals surface area contributed by atoms with E-state index in [4.69, 9.17) is 5.73 Å². The molecular weight excluding hydrogens is 280 g/mol. The second kappa shape index (κ2) is 5.57. The third-order valence-electron chi connectivity index (χ3n) is 3.25. The average Bonchev–Trinajstić information content (AvgIpc) is 2.84. The smallest absolute Gasteiger partial charge is 0.273 e. The summed E-state index contributed by atoms with van der Waals surface area (Å²) in [6.45, 7) is 2.32. The van der Waals surface area contributed by atoms with Gasteiger partial charge in [0.1, 0.15) is 0 Å². The minimum Gasteiger partial charge on any atom is -0.320 e. The Balaban J connectivity index is 2.22. The van der Waals surface area contributed by atoms with Crippen LogP contribution in [0.4, 0.5) is 0 Å². The average molecular weight is 294 g/mol. The zero-order valence-electron chi connectivity index (χ0n) is 11.6. The van der Waals surface area contributed by atoms with E-state index in [9.17, 15) is 4.79 Å². The highest BCUT2D eigenvalue weighted by Gasteiger charge is 2.10. The molecule has 0 aliphatic carbocycles. The van der Waals surface area contributed by atoms with Crippen LogP contribution in [0.3, 0.4) is 0 Å². The van der Waals surface area contributed by atoms with Gasteiger partial charge in [0, 0.05) is 5.56 Å². The molecule has 104 valence electrons. The highest BCUT2D eigenvalue weighted by molar-refractivity contribution is 7.14. The Morgan fingerprint density at radius 1 is 1.24 bits per heavy atom. The van der Waals surface area contributed by atoms with Gasteiger partial charge in [0.05, 0.1) is 22.3 Å². The highest BCUT2D eigenvalue weighted by atomic mass is 32.1. The molecule has 21 heavy (non-hydrogen) atoms. The minimum atomic E-state index is 0.0163. The van der Waals surface area contributed by atoms with Crippen molar-refractivity contribution >= 4 is 21.6 Å². The maximum absolute atomic E-state index is 12.5. The van der Waals surface area contributed by atoms with Crippen LogP contribution < -0.4 is 11.3 Å². The number of hydrogen-bond donors (Lipinski definition) is 1. The molecule has 3 aromatic rings. The molecule has 0 radical (unpaired) electrons. The topological polar surface area (TPSA) is 48.0 Å². The fourth-order valence-electron chi connectivity index (χ4n) is 2.19. The zero-order valence-corrected chi connectivity index (χ0v) is 12.4. The molecule has 1 aromatic heterocycles. The molecule has 0 amide bonds. The van der Waals surface area contributed by atoms with Gasteiger partial charge >= 0.3 is 0 Å². The van der Waals surface area contributed by atoms with Gasteiger partial charge in [-0.25, -0.2) is 3.96 Å². The monoisotopic (exact) mass is 294 g/mol. The predicted molar refractivity (Wildman–Crippen MR) is 88.1 cm³/mol. The fraction of sp³-hybridized carbons (Fsp3) is 0.118. The Hall–Kier alpha value is -2.35. The van der Waals surface area contributed by atoms with Crippen molar-refractivity contribution in [1.82, 2.24) is 3.96 Å². The lowest BCUT2D eigenvalue weighted by Crippen LogP contribution is -2.12. The molecule has 4 heteroatoms. The zero-order chi connectivity index (χ0) is 14.8. The van der Waals surface area contributed by atoms with Gasteiger partial charge in [-0.2, -0.15) is 0 Å². The van der Waals surface area contributed by atoms with E-state index in [1.165, 1.54) is 11.5 Å². The van der Waals surface area contributed by atoms with Crippen LogP contribution in [0.5, 0.6) is 0 Å². The summed E-state index contributed by atoms with van der Waals surface area (Å²) in [5.41, 5.74) is 8.21. The van der Waals surface area contributed by atoms with Crippen molar-refractivity contribution in [1.29, 1.82) is 0 Å². The molecule has 0 spiro atoms. The lowest BCUT2D eigenvalue weighted by molar-refractivity contribution is 1.12. The second-order valence-electron chi connectivity index (χ2n) is 4.69. The first-order valence-electron chi connectivity index (χ1n) is 6.62. The molecule has 0 aliphatic heterocycles. The molecule has 3 rings (SSSR count). The Kier molecular flexibility index (Phi) is 3.61. The van der Waals surface area contributed by atoms with Crippen molar-refractivity contribution in [3.05, 3.63) is 63.9 Å². The van der Waals surface area contributed by atoms with Crippen molar-refractivity contribution in [3.8, 4) is 17.5 Å². The summed E-state index contributed by atoms with van der Waals surface area (Å²) in [5, 5.41) is 0.750. The van der Waals surface area contributed by atoms with Crippen LogP contribution in [0, 0.1) is 18.8 Å². The summed E-state index contributed by atoms with van der Waals surface area (Å²) in [4.78, 5) is 12.5. The molecule has 0 unspecified atom stereocenters. The van der Waals surface area contributed by atoms with E-state index in [2.05, 4.69) is 11.8 Å². The van der Waals surface area contributed by atoms with Gasteiger partial charge < -0.3 is 5.73 Å². The number of benzene rings is 2. The van der Waals surface area contributed by atoms with E-state index in [1.54, 1.807) is 3.96 Å². The fourth-order valence-corrected chi connectivity index (χ4v) is 3.26. The highest BCUT2D eigenvalue weighted by Crippen LogP contribution is 2.22. The lowest BCUT2D eigenvalue weighted by Gasteiger charge is -2.05. The standard InChI is InChI=1S/C17H14N2OS/c1-12-8-9-13(5-4-10-18)11-15(12)19-17(20)14-6-2-3-7-16(14)21-19/h2-3,6-9,11H,10,18H2,1H3. The van der Waals surface area contributed by atoms with Crippen molar-refractivity contribution in [2.24, 2.45) is 5.73 Å². The number of aromatic nitrogens is 1. The molecule has 2 aromatic carbocycles. The summed E-state index contributed by atoms with van der Waals surface area (Å²) < 4.78 is 2.72. The summed E-state index contributed by atoms with van der Waals surface area (Å²) >= 11 is 1.45. The molecular formula is C17H14N2OS. The van der Waals surface area contributed by atoms with Crippen LogP contribution in [-0.2, 0) is 0 Å². The maximum atomic E-state index is 12.5. The van der Waals surface area contributed by atoms with Crippen LogP contribution in [0.15, 0.2) is 47.3 Å². The molecule has 0 saturated carbocycles. The molecule has 1 heterocycles. The van der Waals surface area contributed by atoms with Gasteiger partial charge in [0.25, 0.3) is 5.56 Å². The Morgan fingerprint density at radius 2 is 2.05 bits per heavy atom. The summed E-state index contributed by atoms with van der Waals surface area (Å²) in [5.74, 6) is 5.85. The van der Waals surface area contributed by atoms with Crippen LogP contribution in [0.25, 0.3) is 15.8 Å². The molecule has 3 nitrogen and oxygen atoms in total. The molecule has 0 saturated heterocycles. The number of aryl methyl sites for hydroxylation is 1. The quantitative estimate of drug-likeness (QED) is 0.701. The molecule has 0 bridgehead atoms. The lowest BCUT2D eigenvalue weighted by atomic mass is 10.1. The number of nitrogens with zero attached hydrogens (tertiary/aromatic N) is 1.